The molecule has 49 heavy (non-hydrogen) atoms. The van der Waals surface area contributed by atoms with Crippen LogP contribution in [0.2, 0.25) is 0 Å². The minimum Gasteiger partial charge on any atom is -0.394 e. The summed E-state index contributed by atoms with van der Waals surface area (Å²) in [6.07, 6.45) is -9.58. The van der Waals surface area contributed by atoms with Crippen molar-refractivity contribution in [3.05, 3.63) is 71.6 Å². The highest BCUT2D eigenvalue weighted by Gasteiger charge is 2.50. The van der Waals surface area contributed by atoms with E-state index in [-0.39, 0.29) is 28.1 Å². The first-order valence-electron chi connectivity index (χ1n) is 14.6. The quantitative estimate of drug-likeness (QED) is 0.120. The number of hydrogen-bond acceptors (Lipinski definition) is 14. The Morgan fingerprint density at radius 2 is 1.63 bits per heavy atom. The highest BCUT2D eigenvalue weighted by atomic mass is 32.2. The number of aromatic amines is 1. The number of alkyl halides is 2. The summed E-state index contributed by atoms with van der Waals surface area (Å²) in [7, 11) is -4.83. The van der Waals surface area contributed by atoms with Gasteiger partial charge in [-0.25, -0.2) is 37.9 Å². The second-order valence-corrected chi connectivity index (χ2v) is 12.4. The maximum Gasteiger partial charge on any atom is 0.336 e. The highest BCUT2D eigenvalue weighted by Crippen LogP contribution is 2.37. The van der Waals surface area contributed by atoms with Crippen molar-refractivity contribution in [2.75, 3.05) is 18.5 Å². The van der Waals surface area contributed by atoms with E-state index < -0.39 is 84.1 Å². The largest absolute Gasteiger partial charge is 0.394 e. The Balaban J connectivity index is 1.02. The average molecular weight is 705 g/mol. The molecule has 0 aliphatic carbocycles. The second-order valence-electron chi connectivity index (χ2n) is 11.0. The van der Waals surface area contributed by atoms with Crippen LogP contribution in [0.25, 0.3) is 22.3 Å². The summed E-state index contributed by atoms with van der Waals surface area (Å²) >= 11 is 0. The summed E-state index contributed by atoms with van der Waals surface area (Å²) in [6, 6.07) is 8.30. The molecular weight excluding hydrogens is 678 g/mol. The number of nitrogens with one attached hydrogen (secondary N) is 3. The molecule has 0 saturated carbocycles. The molecule has 258 valence electrons. The van der Waals surface area contributed by atoms with Crippen LogP contribution in [0, 0.1) is 0 Å². The van der Waals surface area contributed by atoms with Crippen LogP contribution in [0.4, 0.5) is 14.6 Å². The number of rotatable bonds is 10. The lowest BCUT2D eigenvalue weighted by Gasteiger charge is -2.20. The molecule has 2 aliphatic rings. The molecule has 5 aromatic rings. The third-order valence-corrected chi connectivity index (χ3v) is 8.98. The molecule has 0 unspecified atom stereocenters. The number of carbonyl (C=O) groups excluding carboxylic acids is 1. The number of ether oxygens (including phenoxy) is 2. The van der Waals surface area contributed by atoms with Gasteiger partial charge in [-0.2, -0.15) is 13.1 Å². The van der Waals surface area contributed by atoms with Gasteiger partial charge in [0.2, 0.25) is 0 Å². The van der Waals surface area contributed by atoms with Crippen molar-refractivity contribution >= 4 is 44.4 Å². The molecular formula is C27H26F2N10O9S. The van der Waals surface area contributed by atoms with Crippen LogP contribution in [0.3, 0.4) is 0 Å². The number of benzene rings is 1. The molecule has 8 atom stereocenters. The van der Waals surface area contributed by atoms with Gasteiger partial charge in [0.15, 0.2) is 52.9 Å². The molecule has 1 amide bonds. The lowest BCUT2D eigenvalue weighted by Crippen LogP contribution is -2.43. The minimum absolute atomic E-state index is 0.0321. The Labute approximate surface area is 273 Å². The first-order valence-corrected chi connectivity index (χ1v) is 16.0. The SMILES string of the molecule is O=C(Nc1ncnc2c1ncn2[C@@H]1O[C@H](CNS(=O)(=O)O[C@H]2[C@@H](F)[C@H](n3cnc4c(=O)[nH]cnc43)O[C@@H]2CO)[C@@H](O)[C@H]1F)c1ccccc1. The number of carbonyl (C=O) groups is 1. The maximum atomic E-state index is 15.6. The highest BCUT2D eigenvalue weighted by molar-refractivity contribution is 7.84. The van der Waals surface area contributed by atoms with Crippen LogP contribution >= 0.6 is 0 Å². The van der Waals surface area contributed by atoms with E-state index in [1.807, 2.05) is 4.72 Å². The Morgan fingerprint density at radius 3 is 2.37 bits per heavy atom. The summed E-state index contributed by atoms with van der Waals surface area (Å²) in [5, 5.41) is 23.0. The molecule has 0 bridgehead atoms. The first-order chi connectivity index (χ1) is 23.6. The van der Waals surface area contributed by atoms with Crippen molar-refractivity contribution in [2.45, 2.75) is 49.2 Å². The van der Waals surface area contributed by atoms with Gasteiger partial charge in [-0.05, 0) is 12.1 Å². The van der Waals surface area contributed by atoms with E-state index in [0.717, 1.165) is 28.1 Å². The molecule has 0 radical (unpaired) electrons. The van der Waals surface area contributed by atoms with Crippen LogP contribution in [0.15, 0.2) is 60.4 Å². The second kappa shape index (κ2) is 12.9. The third-order valence-electron chi connectivity index (χ3n) is 7.98. The number of halogens is 2. The fourth-order valence-electron chi connectivity index (χ4n) is 5.59. The Bertz CT molecular complexity index is 2170. The monoisotopic (exact) mass is 704 g/mol. The van der Waals surface area contributed by atoms with E-state index in [1.165, 1.54) is 6.33 Å². The smallest absolute Gasteiger partial charge is 0.336 e. The number of aliphatic hydroxyl groups excluding tert-OH is 2. The summed E-state index contributed by atoms with van der Waals surface area (Å²) < 4.78 is 77.2. The van der Waals surface area contributed by atoms with Crippen molar-refractivity contribution in [1.82, 2.24) is 43.8 Å². The molecule has 2 fully saturated rings. The Kier molecular flexibility index (Phi) is 8.60. The van der Waals surface area contributed by atoms with Crippen molar-refractivity contribution in [2.24, 2.45) is 0 Å². The van der Waals surface area contributed by atoms with Crippen LogP contribution in [-0.2, 0) is 24.0 Å². The number of amides is 1. The zero-order valence-electron chi connectivity index (χ0n) is 24.8. The van der Waals surface area contributed by atoms with Gasteiger partial charge in [0.05, 0.1) is 25.6 Å². The molecule has 1 aromatic carbocycles. The van der Waals surface area contributed by atoms with Crippen LogP contribution in [-0.4, -0.2) is 113 Å². The summed E-state index contributed by atoms with van der Waals surface area (Å²) in [4.78, 5) is 47.1. The maximum absolute atomic E-state index is 15.6. The van der Waals surface area contributed by atoms with E-state index in [9.17, 15) is 28.2 Å². The molecule has 5 N–H and O–H groups in total. The average Bonchev–Trinajstić information content (AvgIpc) is 3.86. The van der Waals surface area contributed by atoms with Gasteiger partial charge in [0.25, 0.3) is 11.5 Å². The summed E-state index contributed by atoms with van der Waals surface area (Å²) in [6.45, 7) is -1.55. The van der Waals surface area contributed by atoms with Gasteiger partial charge in [-0.15, -0.1) is 0 Å². The predicted octanol–water partition coefficient (Wildman–Crippen LogP) is -0.744. The first kappa shape index (κ1) is 32.7. The number of nitrogens with zero attached hydrogens (tertiary/aromatic N) is 7. The van der Waals surface area contributed by atoms with Crippen molar-refractivity contribution in [3.8, 4) is 0 Å². The zero-order valence-corrected chi connectivity index (χ0v) is 25.6. The summed E-state index contributed by atoms with van der Waals surface area (Å²) in [5.74, 6) is -0.446. The van der Waals surface area contributed by atoms with Crippen LogP contribution < -0.4 is 15.6 Å². The molecule has 2 aliphatic heterocycles. The molecule has 22 heteroatoms. The number of imidazole rings is 2. The third kappa shape index (κ3) is 6.03. The lowest BCUT2D eigenvalue weighted by molar-refractivity contribution is -0.0433. The van der Waals surface area contributed by atoms with E-state index in [4.69, 9.17) is 13.7 Å². The number of aromatic nitrogens is 8. The van der Waals surface area contributed by atoms with Gasteiger partial charge in [0, 0.05) is 12.1 Å². The van der Waals surface area contributed by atoms with Crippen LogP contribution in [0.1, 0.15) is 22.8 Å². The Hall–Kier alpha value is -4.84. The number of fused-ring (bicyclic) bond motifs is 2. The zero-order chi connectivity index (χ0) is 34.4. The fourth-order valence-corrected chi connectivity index (χ4v) is 6.55. The molecule has 6 heterocycles. The van der Waals surface area contributed by atoms with E-state index in [2.05, 4.69) is 35.2 Å². The number of anilines is 1. The molecule has 4 aromatic heterocycles. The topological polar surface area (TPSA) is 251 Å². The fraction of sp³-hybridized carbons (Fsp3) is 0.370. The van der Waals surface area contributed by atoms with Crippen molar-refractivity contribution in [1.29, 1.82) is 0 Å². The molecule has 19 nitrogen and oxygen atoms in total. The Morgan fingerprint density at radius 1 is 0.959 bits per heavy atom. The van der Waals surface area contributed by atoms with Gasteiger partial charge < -0.3 is 30.0 Å². The molecule has 0 spiro atoms. The van der Waals surface area contributed by atoms with E-state index >= 15 is 8.78 Å². The standard InChI is InChI=1S/C27H26F2N10O9S/c28-15-19(41)13(46-26(15)38-10-34-17-21(30-8-31-22(17)38)37-24(42)12-4-2-1-3-5-12)6-36-49(44,45)48-20-14(7-40)47-27(16(20)29)39-11-35-18-23(39)32-9-33-25(18)43/h1-5,8-11,13-16,19-20,26-27,36,40-41H,6-7H2,(H,32,33,43)(H,30,31,37,42)/t13-,14-,15-,16-,19-,20-,26-,27-/m1/s1. The summed E-state index contributed by atoms with van der Waals surface area (Å²) in [5.41, 5.74) is -0.280. The van der Waals surface area contributed by atoms with Crippen molar-refractivity contribution in [3.63, 3.8) is 0 Å². The van der Waals surface area contributed by atoms with E-state index in [0.29, 0.717) is 5.56 Å². The number of H-pyrrole nitrogens is 1. The van der Waals surface area contributed by atoms with Gasteiger partial charge in [-0.1, -0.05) is 18.2 Å². The normalized spacial score (nSPS) is 27.3. The molecule has 2 saturated heterocycles. The van der Waals surface area contributed by atoms with Gasteiger partial charge >= 0.3 is 10.3 Å². The van der Waals surface area contributed by atoms with Crippen molar-refractivity contribution < 1.29 is 45.9 Å². The minimum atomic E-state index is -4.83. The predicted molar refractivity (Wildman–Crippen MR) is 160 cm³/mol. The number of aliphatic hydroxyl groups is 2. The van der Waals surface area contributed by atoms with Gasteiger partial charge in [0.1, 0.15) is 30.7 Å². The molecule has 7 rings (SSSR count). The number of hydrogen-bond donors (Lipinski definition) is 5. The van der Waals surface area contributed by atoms with Crippen LogP contribution in [0.5, 0.6) is 0 Å². The lowest BCUT2D eigenvalue weighted by atomic mass is 10.1. The van der Waals surface area contributed by atoms with Gasteiger partial charge in [-0.3, -0.25) is 18.7 Å². The van der Waals surface area contributed by atoms with E-state index in [1.54, 1.807) is 30.3 Å².